The smallest absolute Gasteiger partial charge is 0.282 e. The monoisotopic (exact) mass is 382 g/mol. The van der Waals surface area contributed by atoms with Gasteiger partial charge in [-0.3, -0.25) is 9.69 Å². The van der Waals surface area contributed by atoms with Gasteiger partial charge in [0.1, 0.15) is 17.3 Å². The molecule has 0 N–H and O–H groups in total. The van der Waals surface area contributed by atoms with Crippen LogP contribution in [0.25, 0.3) is 6.08 Å². The molecule has 0 radical (unpaired) electrons. The number of carbonyl (C=O) groups excluding carboxylic acids is 1. The third-order valence-corrected chi connectivity index (χ3v) is 4.68. The Bertz CT molecular complexity index is 1070. The first kappa shape index (κ1) is 18.7. The molecule has 0 unspecified atom stereocenters. The first-order valence-electron chi connectivity index (χ1n) is 9.65. The summed E-state index contributed by atoms with van der Waals surface area (Å²) in [4.78, 5) is 19.6. The Morgan fingerprint density at radius 2 is 1.62 bits per heavy atom. The number of aryl methyl sites for hydroxylation is 1. The summed E-state index contributed by atoms with van der Waals surface area (Å²) in [5.74, 6) is 1.25. The molecule has 0 saturated heterocycles. The van der Waals surface area contributed by atoms with Crippen LogP contribution in [-0.4, -0.2) is 18.3 Å². The van der Waals surface area contributed by atoms with Crippen molar-refractivity contribution in [1.29, 1.82) is 0 Å². The fraction of sp³-hybridized carbons (Fsp3) is 0.120. The number of amidine groups is 1. The average molecular weight is 382 g/mol. The van der Waals surface area contributed by atoms with E-state index in [4.69, 9.17) is 9.73 Å². The Kier molecular flexibility index (Phi) is 5.25. The first-order chi connectivity index (χ1) is 14.2. The van der Waals surface area contributed by atoms with Crippen LogP contribution in [0, 0.1) is 6.92 Å². The molecule has 0 spiro atoms. The minimum Gasteiger partial charge on any atom is -0.494 e. The third kappa shape index (κ3) is 3.97. The van der Waals surface area contributed by atoms with Crippen LogP contribution in [0.15, 0.2) is 89.6 Å². The zero-order chi connectivity index (χ0) is 20.2. The molecule has 0 saturated carbocycles. The van der Waals surface area contributed by atoms with Gasteiger partial charge in [0.25, 0.3) is 5.91 Å². The highest BCUT2D eigenvalue weighted by molar-refractivity contribution is 6.33. The molecule has 29 heavy (non-hydrogen) atoms. The second kappa shape index (κ2) is 8.15. The average Bonchev–Trinajstić information content (AvgIpc) is 3.07. The summed E-state index contributed by atoms with van der Waals surface area (Å²) in [7, 11) is 0. The summed E-state index contributed by atoms with van der Waals surface area (Å²) in [5.41, 5.74) is 4.19. The van der Waals surface area contributed by atoms with Crippen molar-refractivity contribution in [1.82, 2.24) is 0 Å². The molecule has 0 atom stereocenters. The molecule has 4 heteroatoms. The van der Waals surface area contributed by atoms with Crippen LogP contribution in [0.5, 0.6) is 5.75 Å². The summed E-state index contributed by atoms with van der Waals surface area (Å²) in [5, 5.41) is 0. The molecule has 1 amide bonds. The largest absolute Gasteiger partial charge is 0.494 e. The van der Waals surface area contributed by atoms with Crippen molar-refractivity contribution < 1.29 is 9.53 Å². The number of hydrogen-bond donors (Lipinski definition) is 0. The van der Waals surface area contributed by atoms with Gasteiger partial charge in [-0.15, -0.1) is 0 Å². The van der Waals surface area contributed by atoms with Crippen LogP contribution in [0.1, 0.15) is 23.6 Å². The van der Waals surface area contributed by atoms with Gasteiger partial charge in [0, 0.05) is 5.56 Å². The summed E-state index contributed by atoms with van der Waals surface area (Å²) < 4.78 is 5.53. The Hall–Kier alpha value is -3.66. The highest BCUT2D eigenvalue weighted by Crippen LogP contribution is 2.29. The van der Waals surface area contributed by atoms with E-state index in [1.165, 1.54) is 5.56 Å². The van der Waals surface area contributed by atoms with Crippen molar-refractivity contribution in [3.05, 3.63) is 101 Å². The van der Waals surface area contributed by atoms with Crippen molar-refractivity contribution in [2.45, 2.75) is 13.8 Å². The summed E-state index contributed by atoms with van der Waals surface area (Å²) in [6, 6.07) is 25.3. The normalized spacial score (nSPS) is 15.0. The lowest BCUT2D eigenvalue weighted by atomic mass is 10.1. The fourth-order valence-electron chi connectivity index (χ4n) is 3.22. The van der Waals surface area contributed by atoms with Crippen LogP contribution in [0.3, 0.4) is 0 Å². The van der Waals surface area contributed by atoms with E-state index in [1.807, 2.05) is 98.8 Å². The molecule has 0 aliphatic carbocycles. The van der Waals surface area contributed by atoms with Crippen molar-refractivity contribution in [2.75, 3.05) is 11.5 Å². The van der Waals surface area contributed by atoms with Gasteiger partial charge in [-0.05, 0) is 49.8 Å². The lowest BCUT2D eigenvalue weighted by Crippen LogP contribution is -2.32. The molecule has 1 aliphatic rings. The standard InChI is InChI=1S/C25H22N2O2/c1-3-29-22-15-13-21(14-16-22)27-24(20-7-5-4-6-8-20)26-23(25(27)28)17-19-11-9-18(2)10-12-19/h4-17H,3H2,1-2H3/b23-17+. The Labute approximate surface area is 170 Å². The van der Waals surface area contributed by atoms with E-state index < -0.39 is 0 Å². The van der Waals surface area contributed by atoms with E-state index >= 15 is 0 Å². The zero-order valence-corrected chi connectivity index (χ0v) is 16.5. The molecular weight excluding hydrogens is 360 g/mol. The lowest BCUT2D eigenvalue weighted by molar-refractivity contribution is -0.113. The molecule has 0 aromatic heterocycles. The van der Waals surface area contributed by atoms with Gasteiger partial charge in [-0.25, -0.2) is 4.99 Å². The van der Waals surface area contributed by atoms with Crippen LogP contribution in [0.4, 0.5) is 5.69 Å². The highest BCUT2D eigenvalue weighted by Gasteiger charge is 2.32. The summed E-state index contributed by atoms with van der Waals surface area (Å²) in [6.45, 7) is 4.58. The van der Waals surface area contributed by atoms with Gasteiger partial charge < -0.3 is 4.74 Å². The number of anilines is 1. The molecule has 4 nitrogen and oxygen atoms in total. The minimum absolute atomic E-state index is 0.145. The maximum atomic E-state index is 13.3. The molecule has 4 rings (SSSR count). The molecule has 0 fully saturated rings. The second-order valence-electron chi connectivity index (χ2n) is 6.81. The van der Waals surface area contributed by atoms with Gasteiger partial charge in [0.15, 0.2) is 0 Å². The quantitative estimate of drug-likeness (QED) is 0.567. The number of hydrogen-bond acceptors (Lipinski definition) is 3. The van der Waals surface area contributed by atoms with Crippen molar-refractivity contribution in [3.63, 3.8) is 0 Å². The Morgan fingerprint density at radius 1 is 0.931 bits per heavy atom. The van der Waals surface area contributed by atoms with E-state index in [-0.39, 0.29) is 5.91 Å². The Balaban J connectivity index is 1.76. The SMILES string of the molecule is CCOc1ccc(N2C(=O)/C(=C\c3ccc(C)cc3)N=C2c2ccccc2)cc1. The number of amides is 1. The van der Waals surface area contributed by atoms with Gasteiger partial charge in [0.05, 0.1) is 12.3 Å². The highest BCUT2D eigenvalue weighted by atomic mass is 16.5. The number of benzene rings is 3. The van der Waals surface area contributed by atoms with E-state index in [2.05, 4.69) is 0 Å². The molecule has 1 aliphatic heterocycles. The van der Waals surface area contributed by atoms with Gasteiger partial charge in [-0.1, -0.05) is 60.2 Å². The maximum Gasteiger partial charge on any atom is 0.282 e. The minimum atomic E-state index is -0.145. The second-order valence-corrected chi connectivity index (χ2v) is 6.81. The summed E-state index contributed by atoms with van der Waals surface area (Å²) in [6.07, 6.45) is 1.83. The Morgan fingerprint density at radius 3 is 2.28 bits per heavy atom. The van der Waals surface area contributed by atoms with Crippen LogP contribution in [0.2, 0.25) is 0 Å². The van der Waals surface area contributed by atoms with Gasteiger partial charge in [0.2, 0.25) is 0 Å². The van der Waals surface area contributed by atoms with Crippen molar-refractivity contribution in [3.8, 4) is 5.75 Å². The number of ether oxygens (including phenoxy) is 1. The van der Waals surface area contributed by atoms with Crippen molar-refractivity contribution >= 4 is 23.5 Å². The van der Waals surface area contributed by atoms with Crippen LogP contribution in [-0.2, 0) is 4.79 Å². The van der Waals surface area contributed by atoms with E-state index in [1.54, 1.807) is 4.90 Å². The zero-order valence-electron chi connectivity index (χ0n) is 16.5. The molecule has 0 bridgehead atoms. The topological polar surface area (TPSA) is 41.9 Å². The molecule has 144 valence electrons. The number of nitrogens with zero attached hydrogens (tertiary/aromatic N) is 2. The van der Waals surface area contributed by atoms with E-state index in [9.17, 15) is 4.79 Å². The molecule has 1 heterocycles. The van der Waals surface area contributed by atoms with E-state index in [0.29, 0.717) is 18.1 Å². The van der Waals surface area contributed by atoms with Crippen molar-refractivity contribution in [2.24, 2.45) is 4.99 Å². The van der Waals surface area contributed by atoms with Gasteiger partial charge in [-0.2, -0.15) is 0 Å². The van der Waals surface area contributed by atoms with E-state index in [0.717, 1.165) is 22.6 Å². The molecule has 3 aromatic carbocycles. The number of rotatable bonds is 5. The summed E-state index contributed by atoms with van der Waals surface area (Å²) >= 11 is 0. The number of aliphatic imine (C=N–C) groups is 1. The van der Waals surface area contributed by atoms with Crippen LogP contribution < -0.4 is 9.64 Å². The maximum absolute atomic E-state index is 13.3. The number of carbonyl (C=O) groups is 1. The molecule has 3 aromatic rings. The fourth-order valence-corrected chi connectivity index (χ4v) is 3.22. The predicted molar refractivity (Wildman–Crippen MR) is 117 cm³/mol. The molecular formula is C25H22N2O2. The third-order valence-electron chi connectivity index (χ3n) is 4.68. The predicted octanol–water partition coefficient (Wildman–Crippen LogP) is 5.23. The van der Waals surface area contributed by atoms with Crippen LogP contribution >= 0.6 is 0 Å². The van der Waals surface area contributed by atoms with Gasteiger partial charge >= 0.3 is 0 Å². The first-order valence-corrected chi connectivity index (χ1v) is 9.65. The lowest BCUT2D eigenvalue weighted by Gasteiger charge is -2.19.